The van der Waals surface area contributed by atoms with Crippen LogP contribution in [0.3, 0.4) is 0 Å². The summed E-state index contributed by atoms with van der Waals surface area (Å²) in [6.07, 6.45) is 0.366. The van der Waals surface area contributed by atoms with Gasteiger partial charge in [0.15, 0.2) is 11.5 Å². The lowest BCUT2D eigenvalue weighted by molar-refractivity contribution is -0.122. The molecular formula is C18H14F2N2O4. The van der Waals surface area contributed by atoms with E-state index in [1.54, 1.807) is 18.2 Å². The predicted octanol–water partition coefficient (Wildman–Crippen LogP) is 2.91. The van der Waals surface area contributed by atoms with Gasteiger partial charge in [-0.3, -0.25) is 9.59 Å². The van der Waals surface area contributed by atoms with E-state index in [1.807, 2.05) is 0 Å². The Hall–Kier alpha value is -3.16. The lowest BCUT2D eigenvalue weighted by atomic mass is 10.2. The maximum absolute atomic E-state index is 13.6. The lowest BCUT2D eigenvalue weighted by Gasteiger charge is -2.07. The van der Waals surface area contributed by atoms with E-state index in [-0.39, 0.29) is 18.4 Å². The summed E-state index contributed by atoms with van der Waals surface area (Å²) in [5.74, 6) is -2.26. The molecule has 6 nitrogen and oxygen atoms in total. The van der Waals surface area contributed by atoms with Gasteiger partial charge in [0, 0.05) is 17.8 Å². The Kier molecular flexibility index (Phi) is 3.95. The molecule has 2 amide bonds. The molecule has 0 radical (unpaired) electrons. The highest BCUT2D eigenvalue weighted by Crippen LogP contribution is 2.41. The predicted molar refractivity (Wildman–Crippen MR) is 87.8 cm³/mol. The first-order valence-corrected chi connectivity index (χ1v) is 7.98. The number of nitrogens with one attached hydrogen (secondary N) is 2. The molecule has 2 aromatic carbocycles. The molecule has 1 aliphatic heterocycles. The fourth-order valence-electron chi connectivity index (χ4n) is 2.80. The summed E-state index contributed by atoms with van der Waals surface area (Å²) in [5.41, 5.74) is 0.424. The number of halogens is 2. The third-order valence-electron chi connectivity index (χ3n) is 4.29. The Labute approximate surface area is 147 Å². The van der Waals surface area contributed by atoms with Crippen LogP contribution in [0.25, 0.3) is 0 Å². The van der Waals surface area contributed by atoms with Crippen molar-refractivity contribution in [2.24, 2.45) is 11.8 Å². The second-order valence-corrected chi connectivity index (χ2v) is 6.12. The second-order valence-electron chi connectivity index (χ2n) is 6.12. The van der Waals surface area contributed by atoms with Gasteiger partial charge in [-0.25, -0.2) is 8.78 Å². The molecule has 1 aliphatic carbocycles. The minimum atomic E-state index is -0.861. The van der Waals surface area contributed by atoms with Crippen molar-refractivity contribution in [3.63, 3.8) is 0 Å². The van der Waals surface area contributed by atoms with Gasteiger partial charge < -0.3 is 20.1 Å². The summed E-state index contributed by atoms with van der Waals surface area (Å²) in [4.78, 5) is 24.4. The minimum Gasteiger partial charge on any atom is -0.454 e. The third kappa shape index (κ3) is 3.17. The largest absolute Gasteiger partial charge is 0.454 e. The average Bonchev–Trinajstić information content (AvgIpc) is 3.28. The highest BCUT2D eigenvalue weighted by atomic mass is 19.1. The van der Waals surface area contributed by atoms with Gasteiger partial charge in [0.05, 0.1) is 17.5 Å². The fourth-order valence-corrected chi connectivity index (χ4v) is 2.80. The molecule has 1 heterocycles. The number of hydrogen-bond donors (Lipinski definition) is 2. The number of hydrogen-bond acceptors (Lipinski definition) is 4. The molecule has 2 unspecified atom stereocenters. The van der Waals surface area contributed by atoms with Crippen LogP contribution in [0, 0.1) is 23.5 Å². The molecule has 0 aromatic heterocycles. The minimum absolute atomic E-state index is 0.113. The summed E-state index contributed by atoms with van der Waals surface area (Å²) in [6, 6.07) is 7.89. The molecule has 2 aliphatic rings. The quantitative estimate of drug-likeness (QED) is 0.879. The van der Waals surface area contributed by atoms with Crippen molar-refractivity contribution < 1.29 is 27.8 Å². The fraction of sp³-hybridized carbons (Fsp3) is 0.222. The number of benzene rings is 2. The van der Waals surface area contributed by atoms with Crippen LogP contribution in [0.4, 0.5) is 20.2 Å². The Morgan fingerprint density at radius 2 is 1.65 bits per heavy atom. The highest BCUT2D eigenvalue weighted by Gasteiger charge is 2.48. The molecular weight excluding hydrogens is 346 g/mol. The Morgan fingerprint density at radius 3 is 2.42 bits per heavy atom. The monoisotopic (exact) mass is 360 g/mol. The van der Waals surface area contributed by atoms with Crippen molar-refractivity contribution in [1.29, 1.82) is 0 Å². The van der Waals surface area contributed by atoms with Crippen LogP contribution in [-0.4, -0.2) is 18.6 Å². The molecule has 0 bridgehead atoms. The molecule has 26 heavy (non-hydrogen) atoms. The molecule has 4 rings (SSSR count). The van der Waals surface area contributed by atoms with E-state index in [4.69, 9.17) is 9.47 Å². The van der Waals surface area contributed by atoms with Crippen molar-refractivity contribution >= 4 is 23.2 Å². The van der Waals surface area contributed by atoms with Gasteiger partial charge >= 0.3 is 0 Å². The van der Waals surface area contributed by atoms with E-state index in [0.29, 0.717) is 29.7 Å². The van der Waals surface area contributed by atoms with E-state index >= 15 is 0 Å². The molecule has 8 heteroatoms. The average molecular weight is 360 g/mol. The van der Waals surface area contributed by atoms with Crippen molar-refractivity contribution in [2.75, 3.05) is 17.4 Å². The van der Waals surface area contributed by atoms with Gasteiger partial charge in [0.25, 0.3) is 0 Å². The van der Waals surface area contributed by atoms with Crippen molar-refractivity contribution in [2.45, 2.75) is 6.42 Å². The molecule has 0 saturated heterocycles. The molecule has 2 atom stereocenters. The first-order chi connectivity index (χ1) is 12.5. The standard InChI is InChI=1S/C18H14F2N2O4/c19-9-1-3-14(13(20)5-9)22-18(24)12-7-11(12)17(23)21-10-2-4-15-16(6-10)26-8-25-15/h1-6,11-12H,7-8H2,(H,21,23)(H,22,24). The number of ether oxygens (including phenoxy) is 2. The van der Waals surface area contributed by atoms with Crippen molar-refractivity contribution in [3.05, 3.63) is 48.0 Å². The number of amides is 2. The van der Waals surface area contributed by atoms with Gasteiger partial charge in [0.2, 0.25) is 18.6 Å². The smallest absolute Gasteiger partial charge is 0.231 e. The first-order valence-electron chi connectivity index (χ1n) is 7.98. The van der Waals surface area contributed by atoms with Crippen LogP contribution in [0.5, 0.6) is 11.5 Å². The van der Waals surface area contributed by atoms with E-state index in [1.165, 1.54) is 0 Å². The van der Waals surface area contributed by atoms with Crippen LogP contribution >= 0.6 is 0 Å². The van der Waals surface area contributed by atoms with Gasteiger partial charge in [-0.05, 0) is 30.7 Å². The number of fused-ring (bicyclic) bond motifs is 1. The Balaban J connectivity index is 1.35. The molecule has 1 saturated carbocycles. The Morgan fingerprint density at radius 1 is 0.923 bits per heavy atom. The first kappa shape index (κ1) is 16.3. The number of carbonyl (C=O) groups is 2. The lowest BCUT2D eigenvalue weighted by Crippen LogP contribution is -2.21. The van der Waals surface area contributed by atoms with Gasteiger partial charge in [-0.2, -0.15) is 0 Å². The maximum atomic E-state index is 13.6. The van der Waals surface area contributed by atoms with E-state index < -0.39 is 29.4 Å². The van der Waals surface area contributed by atoms with E-state index in [9.17, 15) is 18.4 Å². The molecule has 0 spiro atoms. The molecule has 134 valence electrons. The van der Waals surface area contributed by atoms with Crippen LogP contribution in [0.15, 0.2) is 36.4 Å². The van der Waals surface area contributed by atoms with Crippen LogP contribution in [0.1, 0.15) is 6.42 Å². The van der Waals surface area contributed by atoms with Gasteiger partial charge in [0.1, 0.15) is 11.6 Å². The van der Waals surface area contributed by atoms with Crippen molar-refractivity contribution in [3.8, 4) is 11.5 Å². The number of rotatable bonds is 4. The molecule has 2 N–H and O–H groups in total. The SMILES string of the molecule is O=C(Nc1ccc2c(c1)OCO2)C1CC1C(=O)Nc1ccc(F)cc1F. The summed E-state index contributed by atoms with van der Waals surface area (Å²) in [6.45, 7) is 0.136. The number of carbonyl (C=O) groups excluding carboxylic acids is 2. The topological polar surface area (TPSA) is 76.7 Å². The second kappa shape index (κ2) is 6.29. The maximum Gasteiger partial charge on any atom is 0.231 e. The molecule has 2 aromatic rings. The van der Waals surface area contributed by atoms with E-state index in [0.717, 1.165) is 12.1 Å². The van der Waals surface area contributed by atoms with Gasteiger partial charge in [-0.1, -0.05) is 0 Å². The van der Waals surface area contributed by atoms with Crippen LogP contribution in [0.2, 0.25) is 0 Å². The zero-order valence-electron chi connectivity index (χ0n) is 13.4. The van der Waals surface area contributed by atoms with E-state index in [2.05, 4.69) is 10.6 Å². The summed E-state index contributed by atoms with van der Waals surface area (Å²) >= 11 is 0. The molecule has 1 fully saturated rings. The zero-order valence-corrected chi connectivity index (χ0v) is 13.4. The number of anilines is 2. The Bertz CT molecular complexity index is 903. The van der Waals surface area contributed by atoms with Crippen LogP contribution < -0.4 is 20.1 Å². The summed E-state index contributed by atoms with van der Waals surface area (Å²) < 4.78 is 36.9. The highest BCUT2D eigenvalue weighted by molar-refractivity contribution is 6.03. The third-order valence-corrected chi connectivity index (χ3v) is 4.29. The normalized spacial score (nSPS) is 19.8. The zero-order chi connectivity index (χ0) is 18.3. The van der Waals surface area contributed by atoms with Crippen molar-refractivity contribution in [1.82, 2.24) is 0 Å². The van der Waals surface area contributed by atoms with Crippen LogP contribution in [-0.2, 0) is 9.59 Å². The summed E-state index contributed by atoms with van der Waals surface area (Å²) in [5, 5.41) is 5.11. The van der Waals surface area contributed by atoms with Gasteiger partial charge in [-0.15, -0.1) is 0 Å². The summed E-state index contributed by atoms with van der Waals surface area (Å²) in [7, 11) is 0.